The van der Waals surface area contributed by atoms with E-state index in [-0.39, 0.29) is 5.91 Å². The van der Waals surface area contributed by atoms with E-state index in [9.17, 15) is 4.79 Å². The lowest BCUT2D eigenvalue weighted by Gasteiger charge is -2.32. The van der Waals surface area contributed by atoms with Crippen molar-refractivity contribution in [3.63, 3.8) is 0 Å². The van der Waals surface area contributed by atoms with Crippen molar-refractivity contribution in [1.82, 2.24) is 24.4 Å². The number of rotatable bonds is 4. The molecule has 6 heteroatoms. The van der Waals surface area contributed by atoms with Crippen LogP contribution in [0.25, 0.3) is 11.4 Å². The lowest BCUT2D eigenvalue weighted by molar-refractivity contribution is 0.0656. The van der Waals surface area contributed by atoms with Gasteiger partial charge in [0, 0.05) is 43.3 Å². The molecule has 1 fully saturated rings. The van der Waals surface area contributed by atoms with E-state index in [0.717, 1.165) is 49.6 Å². The van der Waals surface area contributed by atoms with E-state index in [0.29, 0.717) is 11.6 Å². The largest absolute Gasteiger partial charge is 0.341 e. The van der Waals surface area contributed by atoms with Crippen molar-refractivity contribution < 1.29 is 4.79 Å². The monoisotopic (exact) mass is 349 g/mol. The molecule has 0 bridgehead atoms. The second kappa shape index (κ2) is 7.15. The van der Waals surface area contributed by atoms with Crippen molar-refractivity contribution in [2.45, 2.75) is 26.3 Å². The summed E-state index contributed by atoms with van der Waals surface area (Å²) in [5.41, 5.74) is 2.35. The van der Waals surface area contributed by atoms with Gasteiger partial charge in [0.15, 0.2) is 0 Å². The Labute approximate surface area is 152 Å². The average Bonchev–Trinajstić information content (AvgIpc) is 3.32. The van der Waals surface area contributed by atoms with Crippen LogP contribution >= 0.6 is 0 Å². The lowest BCUT2D eigenvalue weighted by atomic mass is 9.97. The van der Waals surface area contributed by atoms with Gasteiger partial charge < -0.3 is 14.5 Å². The molecular weight excluding hydrogens is 326 g/mol. The fourth-order valence-corrected chi connectivity index (χ4v) is 3.64. The number of nitrogens with zero attached hydrogens (tertiary/aromatic N) is 4. The number of aryl methyl sites for hydroxylation is 1. The molecule has 1 aliphatic rings. The van der Waals surface area contributed by atoms with Gasteiger partial charge >= 0.3 is 0 Å². The Morgan fingerprint density at radius 3 is 2.92 bits per heavy atom. The molecule has 0 saturated carbocycles. The molecule has 6 nitrogen and oxygen atoms in total. The van der Waals surface area contributed by atoms with Gasteiger partial charge in [-0.25, -0.2) is 9.97 Å². The van der Waals surface area contributed by atoms with Crippen molar-refractivity contribution >= 4 is 5.91 Å². The van der Waals surface area contributed by atoms with Gasteiger partial charge in [-0.15, -0.1) is 0 Å². The third-order valence-corrected chi connectivity index (χ3v) is 4.97. The van der Waals surface area contributed by atoms with Gasteiger partial charge in [0.2, 0.25) is 0 Å². The van der Waals surface area contributed by atoms with Crippen molar-refractivity contribution in [3.05, 3.63) is 60.4 Å². The van der Waals surface area contributed by atoms with Crippen molar-refractivity contribution in [1.29, 1.82) is 0 Å². The number of imidazole rings is 2. The molecule has 1 amide bonds. The first kappa shape index (κ1) is 16.6. The fourth-order valence-electron chi connectivity index (χ4n) is 3.64. The van der Waals surface area contributed by atoms with E-state index < -0.39 is 0 Å². The number of likely N-dealkylation sites (tertiary alicyclic amines) is 1. The number of piperidine rings is 1. The Morgan fingerprint density at radius 2 is 2.15 bits per heavy atom. The van der Waals surface area contributed by atoms with E-state index in [1.165, 1.54) is 0 Å². The molecule has 0 spiro atoms. The minimum absolute atomic E-state index is 0.0243. The molecule has 0 unspecified atom stereocenters. The first-order valence-electron chi connectivity index (χ1n) is 9.08. The van der Waals surface area contributed by atoms with E-state index in [1.54, 1.807) is 6.20 Å². The summed E-state index contributed by atoms with van der Waals surface area (Å²) in [5, 5.41) is 0. The molecule has 0 radical (unpaired) electrons. The van der Waals surface area contributed by atoms with Gasteiger partial charge in [0.1, 0.15) is 11.5 Å². The summed E-state index contributed by atoms with van der Waals surface area (Å²) in [4.78, 5) is 26.9. The molecule has 134 valence electrons. The van der Waals surface area contributed by atoms with Crippen LogP contribution in [0.3, 0.4) is 0 Å². The van der Waals surface area contributed by atoms with Crippen LogP contribution in [0.4, 0.5) is 0 Å². The number of aromatic nitrogens is 4. The summed E-state index contributed by atoms with van der Waals surface area (Å²) in [5.74, 6) is 1.23. The summed E-state index contributed by atoms with van der Waals surface area (Å²) in [7, 11) is 0. The lowest BCUT2D eigenvalue weighted by Crippen LogP contribution is -2.41. The summed E-state index contributed by atoms with van der Waals surface area (Å²) < 4.78 is 2.09. The zero-order valence-corrected chi connectivity index (χ0v) is 14.9. The maximum atomic E-state index is 13.0. The summed E-state index contributed by atoms with van der Waals surface area (Å²) in [6.07, 6.45) is 7.77. The van der Waals surface area contributed by atoms with Crippen LogP contribution in [0, 0.1) is 12.8 Å². The number of hydrogen-bond donors (Lipinski definition) is 1. The highest BCUT2D eigenvalue weighted by molar-refractivity contribution is 5.94. The summed E-state index contributed by atoms with van der Waals surface area (Å²) >= 11 is 0. The zero-order chi connectivity index (χ0) is 17.9. The number of H-pyrrole nitrogens is 1. The topological polar surface area (TPSA) is 66.8 Å². The van der Waals surface area contributed by atoms with Crippen molar-refractivity contribution in [2.24, 2.45) is 5.92 Å². The number of aromatic amines is 1. The Balaban J connectivity index is 1.49. The number of carbonyl (C=O) groups excluding carboxylic acids is 1. The van der Waals surface area contributed by atoms with Gasteiger partial charge in [-0.1, -0.05) is 30.3 Å². The number of nitrogens with one attached hydrogen (secondary N) is 1. The summed E-state index contributed by atoms with van der Waals surface area (Å²) in [6, 6.07) is 9.91. The smallest absolute Gasteiger partial charge is 0.274 e. The quantitative estimate of drug-likeness (QED) is 0.787. The first-order valence-corrected chi connectivity index (χ1v) is 9.08. The molecule has 2 aromatic heterocycles. The standard InChI is InChI=1S/C20H23N5O/c1-15-18(23-19(22-15)17-7-3-2-4-8-17)20(26)25-10-5-6-16(13-25)12-24-11-9-21-14-24/h2-4,7-9,11,14,16H,5-6,10,12-13H2,1H3,(H,22,23)/t16-/m1/s1. The van der Waals surface area contributed by atoms with Crippen LogP contribution in [0.1, 0.15) is 29.0 Å². The van der Waals surface area contributed by atoms with E-state index >= 15 is 0 Å². The maximum Gasteiger partial charge on any atom is 0.274 e. The van der Waals surface area contributed by atoms with Gasteiger partial charge in [-0.3, -0.25) is 4.79 Å². The minimum atomic E-state index is 0.0243. The van der Waals surface area contributed by atoms with Crippen LogP contribution in [0.15, 0.2) is 49.1 Å². The zero-order valence-electron chi connectivity index (χ0n) is 14.9. The molecule has 1 atom stereocenters. The maximum absolute atomic E-state index is 13.0. The molecule has 1 N–H and O–H groups in total. The third-order valence-electron chi connectivity index (χ3n) is 4.97. The number of benzene rings is 1. The van der Waals surface area contributed by atoms with Crippen LogP contribution in [-0.2, 0) is 6.54 Å². The van der Waals surface area contributed by atoms with Gasteiger partial charge in [0.25, 0.3) is 5.91 Å². The van der Waals surface area contributed by atoms with Crippen molar-refractivity contribution in [2.75, 3.05) is 13.1 Å². The molecular formula is C20H23N5O. The highest BCUT2D eigenvalue weighted by Gasteiger charge is 2.27. The Bertz CT molecular complexity index is 869. The number of hydrogen-bond acceptors (Lipinski definition) is 3. The molecule has 4 rings (SSSR count). The van der Waals surface area contributed by atoms with Gasteiger partial charge in [-0.2, -0.15) is 0 Å². The second-order valence-corrected chi connectivity index (χ2v) is 6.94. The van der Waals surface area contributed by atoms with Crippen LogP contribution in [-0.4, -0.2) is 43.4 Å². The predicted molar refractivity (Wildman–Crippen MR) is 99.6 cm³/mol. The second-order valence-electron chi connectivity index (χ2n) is 6.94. The number of carbonyl (C=O) groups is 1. The Morgan fingerprint density at radius 1 is 1.31 bits per heavy atom. The average molecular weight is 349 g/mol. The molecule has 1 aliphatic heterocycles. The van der Waals surface area contributed by atoms with Crippen LogP contribution in [0.2, 0.25) is 0 Å². The normalized spacial score (nSPS) is 17.4. The highest BCUT2D eigenvalue weighted by Crippen LogP contribution is 2.23. The molecule has 1 aromatic carbocycles. The third kappa shape index (κ3) is 3.40. The molecule has 3 heterocycles. The highest BCUT2D eigenvalue weighted by atomic mass is 16.2. The van der Waals surface area contributed by atoms with E-state index in [4.69, 9.17) is 0 Å². The molecule has 3 aromatic rings. The van der Waals surface area contributed by atoms with Crippen LogP contribution < -0.4 is 0 Å². The van der Waals surface area contributed by atoms with E-state index in [2.05, 4.69) is 19.5 Å². The fraction of sp³-hybridized carbons (Fsp3) is 0.350. The predicted octanol–water partition coefficient (Wildman–Crippen LogP) is 3.13. The first-order chi connectivity index (χ1) is 12.7. The molecule has 0 aliphatic carbocycles. The van der Waals surface area contributed by atoms with Crippen molar-refractivity contribution in [3.8, 4) is 11.4 Å². The van der Waals surface area contributed by atoms with Crippen LogP contribution in [0.5, 0.6) is 0 Å². The van der Waals surface area contributed by atoms with E-state index in [1.807, 2.05) is 54.7 Å². The summed E-state index contributed by atoms with van der Waals surface area (Å²) in [6.45, 7) is 4.38. The molecule has 1 saturated heterocycles. The minimum Gasteiger partial charge on any atom is -0.341 e. The molecule has 26 heavy (non-hydrogen) atoms. The van der Waals surface area contributed by atoms with Gasteiger partial charge in [-0.05, 0) is 25.7 Å². The van der Waals surface area contributed by atoms with Gasteiger partial charge in [0.05, 0.1) is 6.33 Å². The SMILES string of the molecule is Cc1[nH]c(-c2ccccc2)nc1C(=O)N1CCC[C@H](Cn2ccnc2)C1. The Kier molecular flexibility index (Phi) is 4.56. The Hall–Kier alpha value is -2.89. The number of amides is 1.